The van der Waals surface area contributed by atoms with Crippen molar-refractivity contribution in [2.45, 2.75) is 12.5 Å². The van der Waals surface area contributed by atoms with Crippen LogP contribution in [0.25, 0.3) is 0 Å². The van der Waals surface area contributed by atoms with E-state index in [-0.39, 0.29) is 29.3 Å². The van der Waals surface area contributed by atoms with Gasteiger partial charge in [0.2, 0.25) is 5.54 Å². The molecular formula is C18H14N4O5. The molecule has 0 saturated carbocycles. The van der Waals surface area contributed by atoms with Crippen LogP contribution in [0.2, 0.25) is 0 Å². The maximum Gasteiger partial charge on any atom is 0.349 e. The summed E-state index contributed by atoms with van der Waals surface area (Å²) >= 11 is 0. The SMILES string of the molecule is CCOC(=O)C1=CNc2c(C#N)cnn2[C@]12C(=O)Oc1ccc(OC)cc12. The first-order valence-corrected chi connectivity index (χ1v) is 8.11. The van der Waals surface area contributed by atoms with Gasteiger partial charge in [-0.2, -0.15) is 10.4 Å². The predicted octanol–water partition coefficient (Wildman–Crippen LogP) is 1.30. The first-order valence-electron chi connectivity index (χ1n) is 8.11. The monoisotopic (exact) mass is 366 g/mol. The molecule has 0 saturated heterocycles. The van der Waals surface area contributed by atoms with Gasteiger partial charge < -0.3 is 19.5 Å². The zero-order valence-electron chi connectivity index (χ0n) is 14.5. The molecule has 9 nitrogen and oxygen atoms in total. The third-order valence-electron chi connectivity index (χ3n) is 4.52. The van der Waals surface area contributed by atoms with Gasteiger partial charge in [0.15, 0.2) is 0 Å². The molecule has 136 valence electrons. The summed E-state index contributed by atoms with van der Waals surface area (Å²) in [5.74, 6) is -0.393. The van der Waals surface area contributed by atoms with Gasteiger partial charge in [0.1, 0.15) is 28.9 Å². The third-order valence-corrected chi connectivity index (χ3v) is 4.52. The second-order valence-electron chi connectivity index (χ2n) is 5.82. The molecule has 4 rings (SSSR count). The summed E-state index contributed by atoms with van der Waals surface area (Å²) in [5.41, 5.74) is -1.12. The number of nitriles is 1. The number of carbonyl (C=O) groups excluding carboxylic acids is 2. The second kappa shape index (κ2) is 5.88. The molecule has 0 unspecified atom stereocenters. The maximum absolute atomic E-state index is 13.1. The molecule has 0 fully saturated rings. The Morgan fingerprint density at radius 3 is 3.00 bits per heavy atom. The quantitative estimate of drug-likeness (QED) is 0.638. The zero-order valence-corrected chi connectivity index (χ0v) is 14.5. The largest absolute Gasteiger partial charge is 0.497 e. The lowest BCUT2D eigenvalue weighted by Crippen LogP contribution is -2.49. The molecule has 1 aromatic heterocycles. The highest BCUT2D eigenvalue weighted by molar-refractivity contribution is 6.06. The van der Waals surface area contributed by atoms with Crippen molar-refractivity contribution in [2.75, 3.05) is 19.0 Å². The molecule has 3 heterocycles. The molecule has 9 heteroatoms. The van der Waals surface area contributed by atoms with E-state index < -0.39 is 17.5 Å². The molecule has 1 N–H and O–H groups in total. The summed E-state index contributed by atoms with van der Waals surface area (Å²) in [6.45, 7) is 1.79. The molecular weight excluding hydrogens is 352 g/mol. The van der Waals surface area contributed by atoms with Crippen LogP contribution in [0.3, 0.4) is 0 Å². The normalized spacial score (nSPS) is 19.3. The fraction of sp³-hybridized carbons (Fsp3) is 0.222. The lowest BCUT2D eigenvalue weighted by Gasteiger charge is -2.32. The molecule has 2 aliphatic rings. The van der Waals surface area contributed by atoms with Crippen molar-refractivity contribution in [1.29, 1.82) is 5.26 Å². The lowest BCUT2D eigenvalue weighted by atomic mass is 9.82. The number of nitrogens with one attached hydrogen (secondary N) is 1. The Hall–Kier alpha value is -3.80. The molecule has 1 spiro atoms. The van der Waals surface area contributed by atoms with Crippen molar-refractivity contribution in [2.24, 2.45) is 0 Å². The number of esters is 2. The van der Waals surface area contributed by atoms with Gasteiger partial charge in [0, 0.05) is 11.8 Å². The molecule has 0 aliphatic carbocycles. The van der Waals surface area contributed by atoms with Crippen LogP contribution in [-0.4, -0.2) is 35.4 Å². The summed E-state index contributed by atoms with van der Waals surface area (Å²) in [6.07, 6.45) is 2.67. The summed E-state index contributed by atoms with van der Waals surface area (Å²) in [5, 5.41) is 16.4. The Balaban J connectivity index is 2.05. The number of methoxy groups -OCH3 is 1. The number of anilines is 1. The Kier molecular flexibility index (Phi) is 3.63. The minimum atomic E-state index is -1.72. The molecule has 0 radical (unpaired) electrons. The standard InChI is InChI=1S/C18H14N4O5/c1-3-26-16(23)13-9-20-15-10(7-19)8-21-22(15)18(13)12-6-11(25-2)4-5-14(12)27-17(18)24/h4-6,8-9,20H,3H2,1-2H3/t18-/m0/s1. The Bertz CT molecular complexity index is 1050. The molecule has 2 aliphatic heterocycles. The van der Waals surface area contributed by atoms with Crippen molar-refractivity contribution in [3.63, 3.8) is 0 Å². The number of ether oxygens (including phenoxy) is 3. The number of rotatable bonds is 3. The van der Waals surface area contributed by atoms with Gasteiger partial charge in [0.05, 0.1) is 25.5 Å². The summed E-state index contributed by atoms with van der Waals surface area (Å²) < 4.78 is 17.1. The van der Waals surface area contributed by atoms with Gasteiger partial charge >= 0.3 is 11.9 Å². The fourth-order valence-electron chi connectivity index (χ4n) is 3.35. The maximum atomic E-state index is 13.1. The van der Waals surface area contributed by atoms with E-state index in [1.165, 1.54) is 24.2 Å². The van der Waals surface area contributed by atoms with E-state index in [0.717, 1.165) is 0 Å². The molecule has 1 atom stereocenters. The summed E-state index contributed by atoms with van der Waals surface area (Å²) in [4.78, 5) is 25.8. The van der Waals surface area contributed by atoms with E-state index >= 15 is 0 Å². The molecule has 0 bridgehead atoms. The number of benzene rings is 1. The van der Waals surface area contributed by atoms with E-state index in [9.17, 15) is 14.9 Å². The van der Waals surface area contributed by atoms with Crippen LogP contribution >= 0.6 is 0 Å². The third kappa shape index (κ3) is 2.07. The van der Waals surface area contributed by atoms with Crippen molar-refractivity contribution in [3.05, 3.63) is 47.3 Å². The van der Waals surface area contributed by atoms with Crippen molar-refractivity contribution >= 4 is 17.8 Å². The van der Waals surface area contributed by atoms with Crippen LogP contribution in [0.15, 0.2) is 36.2 Å². The molecule has 2 aromatic rings. The molecule has 0 amide bonds. The smallest absolute Gasteiger partial charge is 0.349 e. The Labute approximate surface area is 153 Å². The zero-order chi connectivity index (χ0) is 19.2. The summed E-state index contributed by atoms with van der Waals surface area (Å²) in [7, 11) is 1.49. The van der Waals surface area contributed by atoms with E-state index in [4.69, 9.17) is 14.2 Å². The van der Waals surface area contributed by atoms with Crippen LogP contribution in [-0.2, 0) is 19.9 Å². The summed E-state index contributed by atoms with van der Waals surface area (Å²) in [6, 6.07) is 6.84. The van der Waals surface area contributed by atoms with Crippen LogP contribution in [0.1, 0.15) is 18.1 Å². The van der Waals surface area contributed by atoms with E-state index in [2.05, 4.69) is 10.4 Å². The first-order chi connectivity index (χ1) is 13.1. The number of carbonyl (C=O) groups is 2. The fourth-order valence-corrected chi connectivity index (χ4v) is 3.35. The minimum absolute atomic E-state index is 0.00134. The average Bonchev–Trinajstić information content (AvgIpc) is 3.22. The Morgan fingerprint density at radius 1 is 1.48 bits per heavy atom. The van der Waals surface area contributed by atoms with Gasteiger partial charge in [-0.3, -0.25) is 0 Å². The van der Waals surface area contributed by atoms with E-state index in [0.29, 0.717) is 11.3 Å². The average molecular weight is 366 g/mol. The van der Waals surface area contributed by atoms with E-state index in [1.54, 1.807) is 25.1 Å². The molecule has 27 heavy (non-hydrogen) atoms. The van der Waals surface area contributed by atoms with Gasteiger partial charge in [-0.25, -0.2) is 14.3 Å². The predicted molar refractivity (Wildman–Crippen MR) is 91.0 cm³/mol. The van der Waals surface area contributed by atoms with Crippen LogP contribution in [0.5, 0.6) is 11.5 Å². The second-order valence-corrected chi connectivity index (χ2v) is 5.82. The number of hydrogen-bond acceptors (Lipinski definition) is 8. The van der Waals surface area contributed by atoms with Crippen molar-refractivity contribution in [1.82, 2.24) is 9.78 Å². The first kappa shape index (κ1) is 16.7. The minimum Gasteiger partial charge on any atom is -0.497 e. The van der Waals surface area contributed by atoms with Crippen molar-refractivity contribution < 1.29 is 23.8 Å². The lowest BCUT2D eigenvalue weighted by molar-refractivity contribution is -0.145. The molecule has 1 aromatic carbocycles. The number of hydrogen-bond donors (Lipinski definition) is 1. The van der Waals surface area contributed by atoms with Gasteiger partial charge in [-0.1, -0.05) is 0 Å². The van der Waals surface area contributed by atoms with Crippen LogP contribution < -0.4 is 14.8 Å². The van der Waals surface area contributed by atoms with Crippen LogP contribution in [0, 0.1) is 11.3 Å². The van der Waals surface area contributed by atoms with Crippen molar-refractivity contribution in [3.8, 4) is 17.6 Å². The number of aromatic nitrogens is 2. The van der Waals surface area contributed by atoms with E-state index in [1.807, 2.05) is 6.07 Å². The Morgan fingerprint density at radius 2 is 2.30 bits per heavy atom. The number of fused-ring (bicyclic) bond motifs is 4. The van der Waals surface area contributed by atoms with Crippen LogP contribution in [0.4, 0.5) is 5.82 Å². The van der Waals surface area contributed by atoms with Gasteiger partial charge in [-0.05, 0) is 25.1 Å². The highest BCUT2D eigenvalue weighted by atomic mass is 16.6. The number of nitrogens with zero attached hydrogens (tertiary/aromatic N) is 3. The topological polar surface area (TPSA) is 115 Å². The highest BCUT2D eigenvalue weighted by Gasteiger charge is 2.59. The van der Waals surface area contributed by atoms with Gasteiger partial charge in [-0.15, -0.1) is 0 Å². The highest BCUT2D eigenvalue weighted by Crippen LogP contribution is 2.50. The van der Waals surface area contributed by atoms with Gasteiger partial charge in [0.25, 0.3) is 0 Å².